The Kier molecular flexibility index (Phi) is 5.11. The van der Waals surface area contributed by atoms with Crippen molar-refractivity contribution < 1.29 is 17.6 Å². The van der Waals surface area contributed by atoms with Gasteiger partial charge in [-0.3, -0.25) is 0 Å². The molecule has 0 fully saturated rings. The van der Waals surface area contributed by atoms with Crippen LogP contribution in [0.4, 0.5) is 40.6 Å². The Hall–Kier alpha value is -3.36. The smallest absolute Gasteiger partial charge is 0.393 e. The molecule has 9 heteroatoms. The van der Waals surface area contributed by atoms with Crippen molar-refractivity contribution in [2.24, 2.45) is 0 Å². The van der Waals surface area contributed by atoms with Crippen LogP contribution in [-0.4, -0.2) is 9.97 Å². The van der Waals surface area contributed by atoms with Gasteiger partial charge in [0.15, 0.2) is 11.6 Å². The number of hydrogen-bond acceptors (Lipinski definition) is 5. The molecule has 3 aromatic rings. The topological polar surface area (TPSA) is 75.9 Å². The van der Waals surface area contributed by atoms with Crippen molar-refractivity contribution in [1.29, 1.82) is 0 Å². The molecule has 1 aromatic heterocycles. The summed E-state index contributed by atoms with van der Waals surface area (Å²) < 4.78 is 51.4. The third-order valence-corrected chi connectivity index (χ3v) is 3.71. The molecule has 0 aliphatic rings. The van der Waals surface area contributed by atoms with E-state index in [9.17, 15) is 17.6 Å². The molecule has 0 spiro atoms. The SMILES string of the molecule is Nc1c(NCc2ccc(F)cc2)ncnc1Nc1cccc(C(F)(F)F)c1. The molecule has 0 atom stereocenters. The second-order valence-corrected chi connectivity index (χ2v) is 5.67. The molecule has 5 nitrogen and oxygen atoms in total. The molecule has 2 aromatic carbocycles. The highest BCUT2D eigenvalue weighted by Crippen LogP contribution is 2.32. The lowest BCUT2D eigenvalue weighted by molar-refractivity contribution is -0.137. The number of halogens is 4. The van der Waals surface area contributed by atoms with E-state index in [-0.39, 0.29) is 23.0 Å². The molecule has 0 aliphatic heterocycles. The van der Waals surface area contributed by atoms with Gasteiger partial charge in [-0.1, -0.05) is 18.2 Å². The van der Waals surface area contributed by atoms with Gasteiger partial charge in [-0.2, -0.15) is 13.2 Å². The summed E-state index contributed by atoms with van der Waals surface area (Å²) in [6, 6.07) is 10.6. The summed E-state index contributed by atoms with van der Waals surface area (Å²) >= 11 is 0. The first-order valence-corrected chi connectivity index (χ1v) is 7.86. The first-order valence-electron chi connectivity index (χ1n) is 7.86. The molecule has 0 bridgehead atoms. The third-order valence-electron chi connectivity index (χ3n) is 3.71. The maximum Gasteiger partial charge on any atom is 0.416 e. The molecule has 1 heterocycles. The molecule has 27 heavy (non-hydrogen) atoms. The normalized spacial score (nSPS) is 11.3. The Balaban J connectivity index is 1.76. The van der Waals surface area contributed by atoms with Crippen LogP contribution >= 0.6 is 0 Å². The lowest BCUT2D eigenvalue weighted by Gasteiger charge is -2.14. The number of benzene rings is 2. The van der Waals surface area contributed by atoms with Crippen LogP contribution in [0.2, 0.25) is 0 Å². The van der Waals surface area contributed by atoms with Gasteiger partial charge in [0.05, 0.1) is 5.56 Å². The number of anilines is 4. The number of alkyl halides is 3. The van der Waals surface area contributed by atoms with Crippen LogP contribution in [0.1, 0.15) is 11.1 Å². The molecule has 3 rings (SSSR count). The lowest BCUT2D eigenvalue weighted by Crippen LogP contribution is -2.09. The van der Waals surface area contributed by atoms with E-state index in [0.717, 1.165) is 17.7 Å². The van der Waals surface area contributed by atoms with Crippen LogP contribution in [0.15, 0.2) is 54.9 Å². The summed E-state index contributed by atoms with van der Waals surface area (Å²) in [5, 5.41) is 5.76. The van der Waals surface area contributed by atoms with Gasteiger partial charge < -0.3 is 16.4 Å². The molecule has 4 N–H and O–H groups in total. The zero-order chi connectivity index (χ0) is 19.4. The van der Waals surface area contributed by atoms with Crippen molar-refractivity contribution >= 4 is 23.0 Å². The van der Waals surface area contributed by atoms with Crippen LogP contribution in [0.5, 0.6) is 0 Å². The van der Waals surface area contributed by atoms with Crippen molar-refractivity contribution in [2.75, 3.05) is 16.4 Å². The molecule has 0 amide bonds. The predicted molar refractivity (Wildman–Crippen MR) is 94.9 cm³/mol. The minimum atomic E-state index is -4.45. The monoisotopic (exact) mass is 377 g/mol. The van der Waals surface area contributed by atoms with Gasteiger partial charge in [0.1, 0.15) is 17.8 Å². The van der Waals surface area contributed by atoms with Crippen molar-refractivity contribution in [1.82, 2.24) is 9.97 Å². The quantitative estimate of drug-likeness (QED) is 0.568. The molecule has 0 radical (unpaired) electrons. The van der Waals surface area contributed by atoms with E-state index in [4.69, 9.17) is 5.73 Å². The van der Waals surface area contributed by atoms with Crippen LogP contribution in [0.25, 0.3) is 0 Å². The Morgan fingerprint density at radius 2 is 1.67 bits per heavy atom. The number of nitrogen functional groups attached to an aromatic ring is 1. The van der Waals surface area contributed by atoms with Gasteiger partial charge in [0, 0.05) is 12.2 Å². The fraction of sp³-hybridized carbons (Fsp3) is 0.111. The number of rotatable bonds is 5. The second-order valence-electron chi connectivity index (χ2n) is 5.67. The highest BCUT2D eigenvalue weighted by atomic mass is 19.4. The summed E-state index contributed by atoms with van der Waals surface area (Å²) in [6.45, 7) is 0.338. The van der Waals surface area contributed by atoms with Crippen LogP contribution < -0.4 is 16.4 Å². The highest BCUT2D eigenvalue weighted by molar-refractivity contribution is 5.77. The van der Waals surface area contributed by atoms with E-state index in [0.29, 0.717) is 12.4 Å². The first-order chi connectivity index (χ1) is 12.8. The molecule has 140 valence electrons. The van der Waals surface area contributed by atoms with E-state index in [1.807, 2.05) is 0 Å². The van der Waals surface area contributed by atoms with Crippen LogP contribution in [-0.2, 0) is 12.7 Å². The van der Waals surface area contributed by atoms with E-state index in [2.05, 4.69) is 20.6 Å². The number of hydrogen-bond donors (Lipinski definition) is 3. The summed E-state index contributed by atoms with van der Waals surface area (Å²) in [6.07, 6.45) is -3.21. The van der Waals surface area contributed by atoms with E-state index in [1.54, 1.807) is 12.1 Å². The van der Waals surface area contributed by atoms with E-state index in [1.165, 1.54) is 30.6 Å². The minimum absolute atomic E-state index is 0.150. The van der Waals surface area contributed by atoms with E-state index >= 15 is 0 Å². The Morgan fingerprint density at radius 3 is 2.37 bits per heavy atom. The molecule has 0 aliphatic carbocycles. The number of nitrogens with one attached hydrogen (secondary N) is 2. The summed E-state index contributed by atoms with van der Waals surface area (Å²) in [5.74, 6) is 0.141. The third kappa shape index (κ3) is 4.63. The zero-order valence-corrected chi connectivity index (χ0v) is 13.9. The average Bonchev–Trinajstić information content (AvgIpc) is 2.63. The zero-order valence-electron chi connectivity index (χ0n) is 13.9. The van der Waals surface area contributed by atoms with Crippen molar-refractivity contribution in [3.63, 3.8) is 0 Å². The van der Waals surface area contributed by atoms with Crippen molar-refractivity contribution in [3.05, 3.63) is 71.8 Å². The van der Waals surface area contributed by atoms with Gasteiger partial charge >= 0.3 is 6.18 Å². The van der Waals surface area contributed by atoms with Gasteiger partial charge in [-0.25, -0.2) is 14.4 Å². The number of nitrogens with two attached hydrogens (primary N) is 1. The largest absolute Gasteiger partial charge is 0.416 e. The van der Waals surface area contributed by atoms with Crippen molar-refractivity contribution in [3.8, 4) is 0 Å². The van der Waals surface area contributed by atoms with Gasteiger partial charge in [0.2, 0.25) is 0 Å². The molecule has 0 unspecified atom stereocenters. The second kappa shape index (κ2) is 7.48. The fourth-order valence-electron chi connectivity index (χ4n) is 2.33. The summed E-state index contributed by atoms with van der Waals surface area (Å²) in [7, 11) is 0. The van der Waals surface area contributed by atoms with Crippen LogP contribution in [0, 0.1) is 5.82 Å². The van der Waals surface area contributed by atoms with Gasteiger partial charge in [-0.15, -0.1) is 0 Å². The Bertz CT molecular complexity index is 926. The Morgan fingerprint density at radius 1 is 0.963 bits per heavy atom. The maximum atomic E-state index is 12.9. The van der Waals surface area contributed by atoms with Gasteiger partial charge in [0.25, 0.3) is 0 Å². The summed E-state index contributed by atoms with van der Waals surface area (Å²) in [5.41, 5.74) is 6.38. The predicted octanol–water partition coefficient (Wildman–Crippen LogP) is 4.57. The molecular weight excluding hydrogens is 362 g/mol. The number of aromatic nitrogens is 2. The average molecular weight is 377 g/mol. The molecule has 0 saturated heterocycles. The first kappa shape index (κ1) is 18.4. The highest BCUT2D eigenvalue weighted by Gasteiger charge is 2.30. The molecule has 0 saturated carbocycles. The Labute approximate surface area is 152 Å². The summed E-state index contributed by atoms with van der Waals surface area (Å²) in [4.78, 5) is 8.00. The molecular formula is C18H15F4N5. The van der Waals surface area contributed by atoms with Crippen LogP contribution in [0.3, 0.4) is 0 Å². The lowest BCUT2D eigenvalue weighted by atomic mass is 10.2. The minimum Gasteiger partial charge on any atom is -0.393 e. The number of nitrogens with zero attached hydrogens (tertiary/aromatic N) is 2. The standard InChI is InChI=1S/C18H15F4N5/c19-13-6-4-11(5-7-13)9-24-16-15(23)17(26-10-25-16)27-14-3-1-2-12(8-14)18(20,21)22/h1-8,10H,9,23H2,(H2,24,25,26,27). The fourth-order valence-corrected chi connectivity index (χ4v) is 2.33. The maximum absolute atomic E-state index is 12.9. The van der Waals surface area contributed by atoms with Crippen molar-refractivity contribution in [2.45, 2.75) is 12.7 Å². The van der Waals surface area contributed by atoms with Gasteiger partial charge in [-0.05, 0) is 35.9 Å². The van der Waals surface area contributed by atoms with E-state index < -0.39 is 11.7 Å².